The van der Waals surface area contributed by atoms with E-state index in [9.17, 15) is 4.79 Å². The van der Waals surface area contributed by atoms with Crippen LogP contribution in [-0.2, 0) is 14.3 Å². The van der Waals surface area contributed by atoms with Gasteiger partial charge < -0.3 is 19.7 Å². The predicted molar refractivity (Wildman–Crippen MR) is 73.2 cm³/mol. The number of carbonyl (C=O) groups excluding carboxylic acids is 1. The number of hydrogen-bond acceptors (Lipinski definition) is 4. The lowest BCUT2D eigenvalue weighted by Gasteiger charge is -2.29. The molecule has 0 aromatic rings. The molecule has 6 heteroatoms. The van der Waals surface area contributed by atoms with Crippen LogP contribution in [0.1, 0.15) is 19.3 Å². The first kappa shape index (κ1) is 17.6. The van der Waals surface area contributed by atoms with Crippen LogP contribution in [0.4, 0.5) is 0 Å². The Morgan fingerprint density at radius 2 is 1.83 bits per heavy atom. The molecule has 0 aromatic carbocycles. The van der Waals surface area contributed by atoms with Crippen molar-refractivity contribution in [1.82, 2.24) is 10.2 Å². The highest BCUT2D eigenvalue weighted by Crippen LogP contribution is 2.09. The molecule has 5 nitrogen and oxygen atoms in total. The molecule has 108 valence electrons. The fourth-order valence-electron chi connectivity index (χ4n) is 2.02. The van der Waals surface area contributed by atoms with Crippen LogP contribution < -0.4 is 5.32 Å². The van der Waals surface area contributed by atoms with Gasteiger partial charge in [-0.05, 0) is 19.4 Å². The summed E-state index contributed by atoms with van der Waals surface area (Å²) in [6.07, 6.45) is 3.24. The number of hydrogen-bond donors (Lipinski definition) is 1. The Hall–Kier alpha value is -0.360. The van der Waals surface area contributed by atoms with Crippen molar-refractivity contribution < 1.29 is 14.3 Å². The molecular weight excluding hydrogens is 256 g/mol. The molecule has 1 rings (SSSR count). The zero-order valence-electron chi connectivity index (χ0n) is 11.3. The Labute approximate surface area is 116 Å². The van der Waals surface area contributed by atoms with Crippen LogP contribution in [-0.4, -0.2) is 63.9 Å². The molecule has 0 bridgehead atoms. The smallest absolute Gasteiger partial charge is 0.239 e. The van der Waals surface area contributed by atoms with Crippen LogP contribution in [0.3, 0.4) is 0 Å². The second kappa shape index (κ2) is 10.6. The molecule has 0 aliphatic carbocycles. The maximum atomic E-state index is 12.3. The Kier molecular flexibility index (Phi) is 10.3. The van der Waals surface area contributed by atoms with Crippen molar-refractivity contribution >= 4 is 18.3 Å². The summed E-state index contributed by atoms with van der Waals surface area (Å²) in [5.74, 6) is 0.179. The molecule has 18 heavy (non-hydrogen) atoms. The Morgan fingerprint density at radius 1 is 1.22 bits per heavy atom. The van der Waals surface area contributed by atoms with E-state index in [0.29, 0.717) is 26.3 Å². The van der Waals surface area contributed by atoms with Gasteiger partial charge in [0.25, 0.3) is 0 Å². The topological polar surface area (TPSA) is 50.8 Å². The van der Waals surface area contributed by atoms with Crippen molar-refractivity contribution in [3.8, 4) is 0 Å². The quantitative estimate of drug-likeness (QED) is 0.745. The van der Waals surface area contributed by atoms with E-state index in [1.807, 2.05) is 4.90 Å². The normalized spacial score (nSPS) is 19.1. The van der Waals surface area contributed by atoms with Gasteiger partial charge in [-0.1, -0.05) is 6.42 Å². The second-order valence-electron chi connectivity index (χ2n) is 4.31. The van der Waals surface area contributed by atoms with E-state index in [2.05, 4.69) is 5.32 Å². The van der Waals surface area contributed by atoms with Gasteiger partial charge in [0, 0.05) is 27.3 Å². The van der Waals surface area contributed by atoms with E-state index in [1.54, 1.807) is 14.2 Å². The SMILES string of the molecule is COCCN(CCOC)C(=O)[C@@H]1CCCCN1.Cl. The maximum absolute atomic E-state index is 12.3. The lowest BCUT2D eigenvalue weighted by molar-refractivity contribution is -0.135. The third kappa shape index (κ3) is 6.00. The Bertz CT molecular complexity index is 215. The molecule has 0 radical (unpaired) electrons. The van der Waals surface area contributed by atoms with Crippen LogP contribution in [0.5, 0.6) is 0 Å². The summed E-state index contributed by atoms with van der Waals surface area (Å²) in [5, 5.41) is 3.28. The minimum atomic E-state index is -0.0162. The third-order valence-electron chi connectivity index (χ3n) is 3.05. The molecule has 1 saturated heterocycles. The zero-order valence-corrected chi connectivity index (χ0v) is 12.1. The van der Waals surface area contributed by atoms with Crippen LogP contribution in [0.15, 0.2) is 0 Å². The number of nitrogens with one attached hydrogen (secondary N) is 1. The van der Waals surface area contributed by atoms with Gasteiger partial charge in [0.2, 0.25) is 5.91 Å². The van der Waals surface area contributed by atoms with Gasteiger partial charge in [0.05, 0.1) is 19.3 Å². The van der Waals surface area contributed by atoms with Gasteiger partial charge >= 0.3 is 0 Å². The monoisotopic (exact) mass is 280 g/mol. The standard InChI is InChI=1S/C12H24N2O3.ClH/c1-16-9-7-14(8-10-17-2)12(15)11-5-3-4-6-13-11;/h11,13H,3-10H2,1-2H3;1H/t11-;/m0./s1. The van der Waals surface area contributed by atoms with Crippen molar-refractivity contribution in [2.45, 2.75) is 25.3 Å². The number of carbonyl (C=O) groups is 1. The highest BCUT2D eigenvalue weighted by Gasteiger charge is 2.25. The molecule has 0 spiro atoms. The largest absolute Gasteiger partial charge is 0.383 e. The van der Waals surface area contributed by atoms with Gasteiger partial charge in [0.1, 0.15) is 0 Å². The van der Waals surface area contributed by atoms with Gasteiger partial charge in [-0.3, -0.25) is 4.79 Å². The predicted octanol–water partition coefficient (Wildman–Crippen LogP) is 0.672. The van der Waals surface area contributed by atoms with E-state index in [0.717, 1.165) is 19.4 Å². The number of ether oxygens (including phenoxy) is 2. The number of rotatable bonds is 7. The van der Waals surface area contributed by atoms with Crippen LogP contribution in [0.25, 0.3) is 0 Å². The highest BCUT2D eigenvalue weighted by molar-refractivity contribution is 5.85. The summed E-state index contributed by atoms with van der Waals surface area (Å²) in [5.41, 5.74) is 0. The summed E-state index contributed by atoms with van der Waals surface area (Å²) in [6.45, 7) is 3.36. The lowest BCUT2D eigenvalue weighted by atomic mass is 10.0. The number of methoxy groups -OCH3 is 2. The molecule has 1 atom stereocenters. The summed E-state index contributed by atoms with van der Waals surface area (Å²) < 4.78 is 10.1. The van der Waals surface area contributed by atoms with Crippen LogP contribution >= 0.6 is 12.4 Å². The van der Waals surface area contributed by atoms with Gasteiger partial charge in [-0.15, -0.1) is 12.4 Å². The molecule has 1 heterocycles. The van der Waals surface area contributed by atoms with Crippen molar-refractivity contribution in [1.29, 1.82) is 0 Å². The lowest BCUT2D eigenvalue weighted by Crippen LogP contribution is -2.50. The first-order valence-electron chi connectivity index (χ1n) is 6.29. The van der Waals surface area contributed by atoms with E-state index in [-0.39, 0.29) is 24.4 Å². The molecule has 1 aliphatic rings. The molecule has 1 amide bonds. The molecule has 0 saturated carbocycles. The average molecular weight is 281 g/mol. The number of halogens is 1. The van der Waals surface area contributed by atoms with E-state index < -0.39 is 0 Å². The minimum Gasteiger partial charge on any atom is -0.383 e. The first-order valence-corrected chi connectivity index (χ1v) is 6.29. The van der Waals surface area contributed by atoms with Crippen LogP contribution in [0.2, 0.25) is 0 Å². The molecule has 1 N–H and O–H groups in total. The van der Waals surface area contributed by atoms with Crippen molar-refractivity contribution in [2.24, 2.45) is 0 Å². The summed E-state index contributed by atoms with van der Waals surface area (Å²) in [7, 11) is 3.30. The van der Waals surface area contributed by atoms with Crippen LogP contribution in [0, 0.1) is 0 Å². The second-order valence-corrected chi connectivity index (χ2v) is 4.31. The maximum Gasteiger partial charge on any atom is 0.239 e. The molecule has 0 unspecified atom stereocenters. The Balaban J connectivity index is 0.00000289. The zero-order chi connectivity index (χ0) is 12.5. The van der Waals surface area contributed by atoms with Gasteiger partial charge in [0.15, 0.2) is 0 Å². The molecular formula is C12H25ClN2O3. The molecule has 0 aromatic heterocycles. The number of nitrogens with zero attached hydrogens (tertiary/aromatic N) is 1. The van der Waals surface area contributed by atoms with E-state index in [4.69, 9.17) is 9.47 Å². The minimum absolute atomic E-state index is 0. The molecule has 1 fully saturated rings. The molecule has 1 aliphatic heterocycles. The third-order valence-corrected chi connectivity index (χ3v) is 3.05. The van der Waals surface area contributed by atoms with Gasteiger partial charge in [-0.25, -0.2) is 0 Å². The van der Waals surface area contributed by atoms with Crippen molar-refractivity contribution in [3.63, 3.8) is 0 Å². The van der Waals surface area contributed by atoms with E-state index >= 15 is 0 Å². The first-order chi connectivity index (χ1) is 8.29. The number of amides is 1. The van der Waals surface area contributed by atoms with E-state index in [1.165, 1.54) is 6.42 Å². The number of piperidine rings is 1. The average Bonchev–Trinajstić information content (AvgIpc) is 2.39. The fraction of sp³-hybridized carbons (Fsp3) is 0.917. The van der Waals surface area contributed by atoms with Crippen molar-refractivity contribution in [2.75, 3.05) is 47.1 Å². The fourth-order valence-corrected chi connectivity index (χ4v) is 2.02. The summed E-state index contributed by atoms with van der Waals surface area (Å²) in [4.78, 5) is 14.1. The summed E-state index contributed by atoms with van der Waals surface area (Å²) in [6, 6.07) is -0.0162. The Morgan fingerprint density at radius 3 is 2.28 bits per heavy atom. The summed E-state index contributed by atoms with van der Waals surface area (Å²) >= 11 is 0. The van der Waals surface area contributed by atoms with Crippen molar-refractivity contribution in [3.05, 3.63) is 0 Å². The van der Waals surface area contributed by atoms with Gasteiger partial charge in [-0.2, -0.15) is 0 Å². The highest BCUT2D eigenvalue weighted by atomic mass is 35.5.